The lowest BCUT2D eigenvalue weighted by molar-refractivity contribution is 0.322. The van der Waals surface area contributed by atoms with Crippen LogP contribution >= 0.6 is 0 Å². The van der Waals surface area contributed by atoms with Crippen LogP contribution in [0.15, 0.2) is 41.4 Å². The van der Waals surface area contributed by atoms with E-state index >= 15 is 0 Å². The van der Waals surface area contributed by atoms with Crippen LogP contribution in [-0.2, 0) is 13.1 Å². The number of aliphatic imine (C=N–C) groups is 1. The lowest BCUT2D eigenvalue weighted by atomic mass is 10.1. The molecule has 23 heavy (non-hydrogen) atoms. The molecule has 3 rings (SSSR count). The Bertz CT molecular complexity index is 703. The number of benzene rings is 2. The van der Waals surface area contributed by atoms with E-state index in [0.29, 0.717) is 23.8 Å². The maximum absolute atomic E-state index is 5.41. The first-order chi connectivity index (χ1) is 11.2. The van der Waals surface area contributed by atoms with Crippen LogP contribution in [0, 0.1) is 0 Å². The van der Waals surface area contributed by atoms with Gasteiger partial charge in [-0.05, 0) is 29.3 Å². The average Bonchev–Trinajstić information content (AvgIpc) is 2.60. The lowest BCUT2D eigenvalue weighted by Gasteiger charge is -2.25. The summed E-state index contributed by atoms with van der Waals surface area (Å²) in [6.45, 7) is 1.55. The minimum atomic E-state index is 0.608. The molecule has 2 aromatic rings. The number of fused-ring (bicyclic) bond motifs is 1. The summed E-state index contributed by atoms with van der Waals surface area (Å²) in [6.07, 6.45) is 1.88. The molecule has 0 spiro atoms. The Morgan fingerprint density at radius 1 is 1.00 bits per heavy atom. The molecule has 0 unspecified atom stereocenters. The fraction of sp³-hybridized carbons (Fsp3) is 0.278. The summed E-state index contributed by atoms with van der Waals surface area (Å²) in [5.41, 5.74) is 3.33. The van der Waals surface area contributed by atoms with Crippen molar-refractivity contribution in [2.45, 2.75) is 13.1 Å². The Hall–Kier alpha value is -2.69. The van der Waals surface area contributed by atoms with Gasteiger partial charge in [-0.1, -0.05) is 18.2 Å². The highest BCUT2D eigenvalue weighted by Crippen LogP contribution is 2.38. The lowest BCUT2D eigenvalue weighted by Crippen LogP contribution is -2.23. The van der Waals surface area contributed by atoms with E-state index in [1.54, 1.807) is 21.3 Å². The highest BCUT2D eigenvalue weighted by Gasteiger charge is 2.16. The standard InChI is InChI=1S/C18H20N2O3/c1-21-16-8-13(9-17(22-2)18(16)23-3)10-20-11-14-6-4-5-7-15(14)19-12-20/h4-9,12H,10-11H2,1-3H3. The molecule has 0 N–H and O–H groups in total. The van der Waals surface area contributed by atoms with E-state index < -0.39 is 0 Å². The molecule has 1 heterocycles. The zero-order valence-electron chi connectivity index (χ0n) is 13.6. The van der Waals surface area contributed by atoms with Crippen molar-refractivity contribution in [2.24, 2.45) is 4.99 Å². The Labute approximate surface area is 136 Å². The molecule has 0 atom stereocenters. The fourth-order valence-electron chi connectivity index (χ4n) is 2.73. The average molecular weight is 312 g/mol. The van der Waals surface area contributed by atoms with E-state index in [-0.39, 0.29) is 0 Å². The maximum atomic E-state index is 5.41. The molecule has 2 aromatic carbocycles. The molecule has 1 aliphatic rings. The van der Waals surface area contributed by atoms with Crippen LogP contribution in [0.25, 0.3) is 0 Å². The number of methoxy groups -OCH3 is 3. The first-order valence-electron chi connectivity index (χ1n) is 7.40. The third-order valence-electron chi connectivity index (χ3n) is 3.84. The van der Waals surface area contributed by atoms with Gasteiger partial charge in [0, 0.05) is 13.1 Å². The van der Waals surface area contributed by atoms with Crippen molar-refractivity contribution in [3.05, 3.63) is 47.5 Å². The topological polar surface area (TPSA) is 43.3 Å². The van der Waals surface area contributed by atoms with Crippen molar-refractivity contribution < 1.29 is 14.2 Å². The second kappa shape index (κ2) is 6.60. The zero-order valence-corrected chi connectivity index (χ0v) is 13.6. The Morgan fingerprint density at radius 3 is 2.35 bits per heavy atom. The molecule has 0 fully saturated rings. The van der Waals surface area contributed by atoms with Gasteiger partial charge < -0.3 is 19.1 Å². The molecule has 5 heteroatoms. The third kappa shape index (κ3) is 3.08. The van der Waals surface area contributed by atoms with Crippen molar-refractivity contribution in [2.75, 3.05) is 21.3 Å². The molecule has 0 amide bonds. The van der Waals surface area contributed by atoms with Gasteiger partial charge in [0.15, 0.2) is 11.5 Å². The number of para-hydroxylation sites is 1. The maximum Gasteiger partial charge on any atom is 0.203 e. The van der Waals surface area contributed by atoms with Gasteiger partial charge in [0.25, 0.3) is 0 Å². The summed E-state index contributed by atoms with van der Waals surface area (Å²) in [5.74, 6) is 1.93. The van der Waals surface area contributed by atoms with Crippen LogP contribution in [0.3, 0.4) is 0 Å². The Morgan fingerprint density at radius 2 is 1.70 bits per heavy atom. The molecule has 0 aromatic heterocycles. The molecule has 0 bridgehead atoms. The number of nitrogens with zero attached hydrogens (tertiary/aromatic N) is 2. The molecule has 5 nitrogen and oxygen atoms in total. The van der Waals surface area contributed by atoms with Crippen LogP contribution in [0.4, 0.5) is 5.69 Å². The van der Waals surface area contributed by atoms with E-state index in [4.69, 9.17) is 14.2 Å². The van der Waals surface area contributed by atoms with E-state index in [9.17, 15) is 0 Å². The van der Waals surface area contributed by atoms with Crippen LogP contribution in [0.5, 0.6) is 17.2 Å². The van der Waals surface area contributed by atoms with E-state index in [1.165, 1.54) is 5.56 Å². The number of rotatable bonds is 5. The molecule has 0 saturated heterocycles. The number of hydrogen-bond donors (Lipinski definition) is 0. The summed E-state index contributed by atoms with van der Waals surface area (Å²) in [6, 6.07) is 12.1. The van der Waals surface area contributed by atoms with Gasteiger partial charge in [-0.15, -0.1) is 0 Å². The molecule has 120 valence electrons. The third-order valence-corrected chi connectivity index (χ3v) is 3.84. The summed E-state index contributed by atoms with van der Waals surface area (Å²) in [5, 5.41) is 0. The smallest absolute Gasteiger partial charge is 0.203 e. The summed E-state index contributed by atoms with van der Waals surface area (Å²) >= 11 is 0. The highest BCUT2D eigenvalue weighted by molar-refractivity contribution is 5.67. The van der Waals surface area contributed by atoms with Gasteiger partial charge in [-0.3, -0.25) is 0 Å². The molecular weight excluding hydrogens is 292 g/mol. The fourth-order valence-corrected chi connectivity index (χ4v) is 2.73. The quantitative estimate of drug-likeness (QED) is 0.849. The predicted octanol–water partition coefficient (Wildman–Crippen LogP) is 3.39. The first-order valence-corrected chi connectivity index (χ1v) is 7.40. The number of hydrogen-bond acceptors (Lipinski definition) is 5. The minimum Gasteiger partial charge on any atom is -0.493 e. The van der Waals surface area contributed by atoms with Gasteiger partial charge in [0.05, 0.1) is 33.4 Å². The second-order valence-corrected chi connectivity index (χ2v) is 5.31. The minimum absolute atomic E-state index is 0.608. The van der Waals surface area contributed by atoms with Crippen molar-refractivity contribution in [1.82, 2.24) is 4.90 Å². The molecule has 1 aliphatic heterocycles. The number of ether oxygens (including phenoxy) is 3. The van der Waals surface area contributed by atoms with Gasteiger partial charge in [0.2, 0.25) is 5.75 Å². The van der Waals surface area contributed by atoms with Crippen LogP contribution < -0.4 is 14.2 Å². The van der Waals surface area contributed by atoms with Crippen LogP contribution in [-0.4, -0.2) is 32.6 Å². The van der Waals surface area contributed by atoms with Crippen molar-refractivity contribution >= 4 is 12.0 Å². The normalized spacial score (nSPS) is 12.7. The van der Waals surface area contributed by atoms with Gasteiger partial charge in [-0.2, -0.15) is 0 Å². The predicted molar refractivity (Wildman–Crippen MR) is 89.9 cm³/mol. The van der Waals surface area contributed by atoms with E-state index in [2.05, 4.69) is 16.0 Å². The SMILES string of the molecule is COc1cc(CN2C=Nc3ccccc3C2)cc(OC)c1OC. The van der Waals surface area contributed by atoms with Gasteiger partial charge in [-0.25, -0.2) is 4.99 Å². The van der Waals surface area contributed by atoms with Crippen molar-refractivity contribution in [3.8, 4) is 17.2 Å². The van der Waals surface area contributed by atoms with E-state index in [0.717, 1.165) is 17.8 Å². The molecule has 0 aliphatic carbocycles. The van der Waals surface area contributed by atoms with E-state index in [1.807, 2.05) is 36.7 Å². The second-order valence-electron chi connectivity index (χ2n) is 5.31. The summed E-state index contributed by atoms with van der Waals surface area (Å²) in [7, 11) is 4.85. The zero-order chi connectivity index (χ0) is 16.2. The Kier molecular flexibility index (Phi) is 4.37. The van der Waals surface area contributed by atoms with Crippen molar-refractivity contribution in [1.29, 1.82) is 0 Å². The van der Waals surface area contributed by atoms with Gasteiger partial charge in [0.1, 0.15) is 0 Å². The van der Waals surface area contributed by atoms with Crippen LogP contribution in [0.1, 0.15) is 11.1 Å². The first kappa shape index (κ1) is 15.2. The monoisotopic (exact) mass is 312 g/mol. The largest absolute Gasteiger partial charge is 0.493 e. The molecular formula is C18H20N2O3. The summed E-state index contributed by atoms with van der Waals surface area (Å²) in [4.78, 5) is 6.66. The summed E-state index contributed by atoms with van der Waals surface area (Å²) < 4.78 is 16.2. The Balaban J connectivity index is 1.84. The molecule has 0 radical (unpaired) electrons. The van der Waals surface area contributed by atoms with Crippen LogP contribution in [0.2, 0.25) is 0 Å². The molecule has 0 saturated carbocycles. The van der Waals surface area contributed by atoms with Gasteiger partial charge >= 0.3 is 0 Å². The highest BCUT2D eigenvalue weighted by atomic mass is 16.5. The van der Waals surface area contributed by atoms with Crippen molar-refractivity contribution in [3.63, 3.8) is 0 Å².